The first kappa shape index (κ1) is 17.9. The van der Waals surface area contributed by atoms with Crippen LogP contribution in [0.4, 0.5) is 5.13 Å². The molecule has 1 saturated carbocycles. The molecule has 27 heavy (non-hydrogen) atoms. The van der Waals surface area contributed by atoms with Gasteiger partial charge in [-0.15, -0.1) is 0 Å². The zero-order valence-electron chi connectivity index (χ0n) is 15.4. The van der Waals surface area contributed by atoms with Gasteiger partial charge in [-0.3, -0.25) is 14.7 Å². The topological polar surface area (TPSA) is 55.3 Å². The predicted molar refractivity (Wildman–Crippen MR) is 108 cm³/mol. The summed E-state index contributed by atoms with van der Waals surface area (Å²) in [4.78, 5) is 24.3. The number of ether oxygens (including phenoxy) is 1. The fraction of sp³-hybridized carbons (Fsp3) is 0.381. The number of carbonyl (C=O) groups excluding carboxylic acids is 1. The number of pyridine rings is 1. The van der Waals surface area contributed by atoms with E-state index in [1.807, 2.05) is 41.3 Å². The van der Waals surface area contributed by atoms with E-state index >= 15 is 0 Å². The summed E-state index contributed by atoms with van der Waals surface area (Å²) in [5.41, 5.74) is 1.73. The molecule has 0 aliphatic heterocycles. The van der Waals surface area contributed by atoms with Gasteiger partial charge >= 0.3 is 0 Å². The lowest BCUT2D eigenvalue weighted by atomic mass is 9.88. The Hall–Kier alpha value is -2.47. The molecule has 0 atom stereocenters. The standard InChI is InChI=1S/C21H23N3O2S/c1-26-17-10-11-19-18(13-17)23-21(27-19)24(14-16-9-5-6-12-22-16)20(25)15-7-3-2-4-8-15/h5-6,9-13,15H,2-4,7-8,14H2,1H3. The van der Waals surface area contributed by atoms with Crippen molar-refractivity contribution < 1.29 is 9.53 Å². The smallest absolute Gasteiger partial charge is 0.232 e. The molecule has 0 radical (unpaired) electrons. The first-order chi connectivity index (χ1) is 13.2. The molecule has 1 amide bonds. The van der Waals surface area contributed by atoms with Crippen LogP contribution in [-0.2, 0) is 11.3 Å². The van der Waals surface area contributed by atoms with E-state index in [0.29, 0.717) is 6.54 Å². The van der Waals surface area contributed by atoms with E-state index in [2.05, 4.69) is 4.98 Å². The van der Waals surface area contributed by atoms with Crippen molar-refractivity contribution in [3.05, 3.63) is 48.3 Å². The van der Waals surface area contributed by atoms with Crippen LogP contribution in [0, 0.1) is 5.92 Å². The van der Waals surface area contributed by atoms with Crippen LogP contribution in [0.2, 0.25) is 0 Å². The van der Waals surface area contributed by atoms with Gasteiger partial charge in [-0.25, -0.2) is 4.98 Å². The van der Waals surface area contributed by atoms with Crippen molar-refractivity contribution in [3.8, 4) is 5.75 Å². The van der Waals surface area contributed by atoms with Crippen LogP contribution in [0.15, 0.2) is 42.6 Å². The Labute approximate surface area is 163 Å². The van der Waals surface area contributed by atoms with Gasteiger partial charge in [0.2, 0.25) is 5.91 Å². The number of nitrogens with zero attached hydrogens (tertiary/aromatic N) is 3. The largest absolute Gasteiger partial charge is 0.497 e. The molecule has 0 unspecified atom stereocenters. The number of rotatable bonds is 5. The molecule has 1 aliphatic carbocycles. The van der Waals surface area contributed by atoms with Gasteiger partial charge in [-0.2, -0.15) is 0 Å². The zero-order valence-corrected chi connectivity index (χ0v) is 16.2. The van der Waals surface area contributed by atoms with Crippen molar-refractivity contribution in [3.63, 3.8) is 0 Å². The number of thiazole rings is 1. The molecule has 140 valence electrons. The van der Waals surface area contributed by atoms with Crippen molar-refractivity contribution in [2.45, 2.75) is 38.6 Å². The van der Waals surface area contributed by atoms with E-state index in [9.17, 15) is 4.79 Å². The van der Waals surface area contributed by atoms with Crippen molar-refractivity contribution in [1.82, 2.24) is 9.97 Å². The third kappa shape index (κ3) is 3.95. The first-order valence-electron chi connectivity index (χ1n) is 9.40. The lowest BCUT2D eigenvalue weighted by Gasteiger charge is -2.27. The average Bonchev–Trinajstić information content (AvgIpc) is 3.15. The summed E-state index contributed by atoms with van der Waals surface area (Å²) in [6.07, 6.45) is 7.19. The van der Waals surface area contributed by atoms with Crippen LogP contribution in [-0.4, -0.2) is 23.0 Å². The minimum absolute atomic E-state index is 0.0870. The van der Waals surface area contributed by atoms with Crippen molar-refractivity contribution in [2.24, 2.45) is 5.92 Å². The minimum atomic E-state index is 0.0870. The molecule has 1 aliphatic rings. The molecule has 0 bridgehead atoms. The predicted octanol–water partition coefficient (Wildman–Crippen LogP) is 4.81. The summed E-state index contributed by atoms with van der Waals surface area (Å²) in [6.45, 7) is 0.452. The molecule has 5 nitrogen and oxygen atoms in total. The molecule has 1 fully saturated rings. The summed E-state index contributed by atoms with van der Waals surface area (Å²) in [7, 11) is 1.65. The van der Waals surface area contributed by atoms with Crippen LogP contribution < -0.4 is 9.64 Å². The molecule has 6 heteroatoms. The molecular formula is C21H23N3O2S. The lowest BCUT2D eigenvalue weighted by Crippen LogP contribution is -2.36. The third-order valence-corrected chi connectivity index (χ3v) is 6.14. The van der Waals surface area contributed by atoms with Gasteiger partial charge in [0.15, 0.2) is 5.13 Å². The fourth-order valence-electron chi connectivity index (χ4n) is 3.60. The van der Waals surface area contributed by atoms with Crippen molar-refractivity contribution in [1.29, 1.82) is 0 Å². The van der Waals surface area contributed by atoms with E-state index in [1.54, 1.807) is 24.6 Å². The summed E-state index contributed by atoms with van der Waals surface area (Å²) >= 11 is 1.55. The number of fused-ring (bicyclic) bond motifs is 1. The summed E-state index contributed by atoms with van der Waals surface area (Å²) < 4.78 is 6.35. The molecule has 0 N–H and O–H groups in total. The second-order valence-electron chi connectivity index (χ2n) is 6.91. The zero-order chi connectivity index (χ0) is 18.6. The second-order valence-corrected chi connectivity index (χ2v) is 7.92. The highest BCUT2D eigenvalue weighted by molar-refractivity contribution is 7.22. The first-order valence-corrected chi connectivity index (χ1v) is 10.2. The summed E-state index contributed by atoms with van der Waals surface area (Å²) in [6, 6.07) is 11.6. The van der Waals surface area contributed by atoms with Gasteiger partial charge in [-0.05, 0) is 37.1 Å². The summed E-state index contributed by atoms with van der Waals surface area (Å²) in [5, 5.41) is 0.736. The molecule has 1 aromatic carbocycles. The maximum Gasteiger partial charge on any atom is 0.232 e. The maximum absolute atomic E-state index is 13.3. The number of amides is 1. The van der Waals surface area contributed by atoms with Crippen LogP contribution in [0.25, 0.3) is 10.2 Å². The SMILES string of the molecule is COc1ccc2sc(N(Cc3ccccn3)C(=O)C3CCCCC3)nc2c1. The molecule has 2 aromatic heterocycles. The van der Waals surface area contributed by atoms with Gasteiger partial charge in [-0.1, -0.05) is 36.7 Å². The van der Waals surface area contributed by atoms with E-state index in [0.717, 1.165) is 52.5 Å². The number of carbonyl (C=O) groups is 1. The molecule has 3 aromatic rings. The third-order valence-electron chi connectivity index (χ3n) is 5.08. The highest BCUT2D eigenvalue weighted by Gasteiger charge is 2.29. The lowest BCUT2D eigenvalue weighted by molar-refractivity contribution is -0.123. The number of hydrogen-bond acceptors (Lipinski definition) is 5. The quantitative estimate of drug-likeness (QED) is 0.636. The Morgan fingerprint density at radius 2 is 2.07 bits per heavy atom. The minimum Gasteiger partial charge on any atom is -0.497 e. The van der Waals surface area contributed by atoms with Gasteiger partial charge in [0, 0.05) is 18.2 Å². The highest BCUT2D eigenvalue weighted by atomic mass is 32.1. The number of benzene rings is 1. The van der Waals surface area contributed by atoms with E-state index in [-0.39, 0.29) is 11.8 Å². The van der Waals surface area contributed by atoms with Crippen molar-refractivity contribution in [2.75, 3.05) is 12.0 Å². The monoisotopic (exact) mass is 381 g/mol. The number of methoxy groups -OCH3 is 1. The Kier molecular flexibility index (Phi) is 5.34. The van der Waals surface area contributed by atoms with Gasteiger partial charge in [0.1, 0.15) is 5.75 Å². The number of anilines is 1. The van der Waals surface area contributed by atoms with Crippen molar-refractivity contribution >= 4 is 32.6 Å². The Morgan fingerprint density at radius 3 is 2.81 bits per heavy atom. The van der Waals surface area contributed by atoms with Gasteiger partial charge in [0.05, 0.1) is 29.6 Å². The molecular weight excluding hydrogens is 358 g/mol. The molecule has 4 rings (SSSR count). The average molecular weight is 382 g/mol. The van der Waals surface area contributed by atoms with E-state index in [4.69, 9.17) is 9.72 Å². The normalized spacial score (nSPS) is 15.0. The second kappa shape index (κ2) is 8.05. The van der Waals surface area contributed by atoms with Crippen LogP contribution in [0.5, 0.6) is 5.75 Å². The highest BCUT2D eigenvalue weighted by Crippen LogP contribution is 2.34. The van der Waals surface area contributed by atoms with Crippen LogP contribution in [0.3, 0.4) is 0 Å². The van der Waals surface area contributed by atoms with E-state index < -0.39 is 0 Å². The van der Waals surface area contributed by atoms with Crippen LogP contribution in [0.1, 0.15) is 37.8 Å². The maximum atomic E-state index is 13.3. The van der Waals surface area contributed by atoms with Crippen LogP contribution >= 0.6 is 11.3 Å². The fourth-order valence-corrected chi connectivity index (χ4v) is 4.55. The summed E-state index contributed by atoms with van der Waals surface area (Å²) in [5.74, 6) is 1.03. The van der Waals surface area contributed by atoms with E-state index in [1.165, 1.54) is 6.42 Å². The Bertz CT molecular complexity index is 920. The number of aromatic nitrogens is 2. The van der Waals surface area contributed by atoms with Gasteiger partial charge < -0.3 is 4.74 Å². The molecule has 2 heterocycles. The number of hydrogen-bond donors (Lipinski definition) is 0. The Morgan fingerprint density at radius 1 is 1.22 bits per heavy atom. The van der Waals surface area contributed by atoms with Gasteiger partial charge in [0.25, 0.3) is 0 Å². The Balaban J connectivity index is 1.69. The molecule has 0 spiro atoms. The molecule has 0 saturated heterocycles.